The molecule has 4 heteroatoms. The Balaban J connectivity index is 1.99. The number of rotatable bonds is 3. The van der Waals surface area contributed by atoms with Gasteiger partial charge < -0.3 is 5.32 Å². The van der Waals surface area contributed by atoms with Crippen molar-refractivity contribution in [3.05, 3.63) is 23.4 Å². The minimum atomic E-state index is 0.553. The van der Waals surface area contributed by atoms with Crippen LogP contribution in [0.3, 0.4) is 0 Å². The first kappa shape index (κ1) is 12.1. The number of anilines is 1. The molecule has 2 nitrogen and oxygen atoms in total. The lowest BCUT2D eigenvalue weighted by Gasteiger charge is -2.31. The Morgan fingerprint density at radius 1 is 1.38 bits per heavy atom. The van der Waals surface area contributed by atoms with Crippen molar-refractivity contribution in [2.75, 3.05) is 11.6 Å². The van der Waals surface area contributed by atoms with E-state index < -0.39 is 0 Å². The van der Waals surface area contributed by atoms with Crippen LogP contribution in [0.4, 0.5) is 5.82 Å². The van der Waals surface area contributed by atoms with E-state index in [1.807, 2.05) is 23.9 Å². The molecule has 1 aliphatic rings. The molecule has 0 amide bonds. The Bertz CT molecular complexity index is 328. The van der Waals surface area contributed by atoms with Crippen molar-refractivity contribution in [3.8, 4) is 0 Å². The molecule has 1 aromatic heterocycles. The van der Waals surface area contributed by atoms with E-state index in [0.29, 0.717) is 16.3 Å². The van der Waals surface area contributed by atoms with Crippen LogP contribution in [0.15, 0.2) is 18.3 Å². The predicted octanol–water partition coefficient (Wildman–Crippen LogP) is 3.82. The van der Waals surface area contributed by atoms with Gasteiger partial charge in [0, 0.05) is 17.5 Å². The average molecular weight is 257 g/mol. The number of thioether (sulfide) groups is 1. The minimum absolute atomic E-state index is 0.553. The van der Waals surface area contributed by atoms with Crippen LogP contribution in [0.1, 0.15) is 25.7 Å². The van der Waals surface area contributed by atoms with Crippen molar-refractivity contribution < 1.29 is 0 Å². The van der Waals surface area contributed by atoms with E-state index >= 15 is 0 Å². The Labute approximate surface area is 106 Å². The highest BCUT2D eigenvalue weighted by Crippen LogP contribution is 2.29. The maximum Gasteiger partial charge on any atom is 0.126 e. The number of nitrogens with one attached hydrogen (secondary N) is 1. The minimum Gasteiger partial charge on any atom is -0.366 e. The number of pyridine rings is 1. The van der Waals surface area contributed by atoms with Crippen molar-refractivity contribution >= 4 is 29.2 Å². The normalized spacial score (nSPS) is 25.4. The van der Waals surface area contributed by atoms with Gasteiger partial charge in [-0.1, -0.05) is 24.4 Å². The van der Waals surface area contributed by atoms with Crippen molar-refractivity contribution in [3.63, 3.8) is 0 Å². The zero-order chi connectivity index (χ0) is 11.4. The first-order chi connectivity index (χ1) is 7.79. The summed E-state index contributed by atoms with van der Waals surface area (Å²) in [6.45, 7) is 0. The molecule has 0 aliphatic heterocycles. The molecule has 1 saturated carbocycles. The van der Waals surface area contributed by atoms with Crippen LogP contribution in [0.25, 0.3) is 0 Å². The van der Waals surface area contributed by atoms with Crippen LogP contribution in [0.2, 0.25) is 5.02 Å². The zero-order valence-corrected chi connectivity index (χ0v) is 11.0. The van der Waals surface area contributed by atoms with Gasteiger partial charge in [0.25, 0.3) is 0 Å². The van der Waals surface area contributed by atoms with Crippen LogP contribution in [-0.2, 0) is 0 Å². The Hall–Kier alpha value is -0.410. The van der Waals surface area contributed by atoms with Crippen molar-refractivity contribution in [2.24, 2.45) is 0 Å². The van der Waals surface area contributed by atoms with E-state index in [1.54, 1.807) is 6.20 Å². The first-order valence-electron chi connectivity index (χ1n) is 5.70. The van der Waals surface area contributed by atoms with Gasteiger partial charge in [-0.3, -0.25) is 0 Å². The summed E-state index contributed by atoms with van der Waals surface area (Å²) in [4.78, 5) is 4.29. The fraction of sp³-hybridized carbons (Fsp3) is 0.583. The molecule has 0 saturated heterocycles. The van der Waals surface area contributed by atoms with Crippen molar-refractivity contribution in [1.82, 2.24) is 4.98 Å². The summed E-state index contributed by atoms with van der Waals surface area (Å²) >= 11 is 7.78. The van der Waals surface area contributed by atoms with E-state index in [-0.39, 0.29) is 0 Å². The van der Waals surface area contributed by atoms with Crippen molar-refractivity contribution in [2.45, 2.75) is 37.0 Å². The Kier molecular flexibility index (Phi) is 4.36. The van der Waals surface area contributed by atoms with Crippen LogP contribution in [-0.4, -0.2) is 22.5 Å². The van der Waals surface area contributed by atoms with Crippen LogP contribution in [0, 0.1) is 0 Å². The molecule has 16 heavy (non-hydrogen) atoms. The average Bonchev–Trinajstić information content (AvgIpc) is 2.33. The summed E-state index contributed by atoms with van der Waals surface area (Å²) in [5.74, 6) is 0.940. The van der Waals surface area contributed by atoms with Gasteiger partial charge in [0.15, 0.2) is 0 Å². The maximum absolute atomic E-state index is 5.82. The molecule has 88 valence electrons. The summed E-state index contributed by atoms with van der Waals surface area (Å²) in [6, 6.07) is 4.39. The van der Waals surface area contributed by atoms with E-state index in [1.165, 1.54) is 25.7 Å². The molecule has 0 radical (unpaired) electrons. The van der Waals surface area contributed by atoms with Gasteiger partial charge in [0.1, 0.15) is 5.82 Å². The molecule has 0 bridgehead atoms. The Morgan fingerprint density at radius 3 is 2.88 bits per heavy atom. The fourth-order valence-electron chi connectivity index (χ4n) is 2.20. The summed E-state index contributed by atoms with van der Waals surface area (Å²) in [6.07, 6.45) is 9.13. The highest BCUT2D eigenvalue weighted by Gasteiger charge is 2.24. The molecule has 1 fully saturated rings. The summed E-state index contributed by atoms with van der Waals surface area (Å²) in [5.41, 5.74) is 0. The molecule has 2 atom stereocenters. The third kappa shape index (κ3) is 3.05. The second kappa shape index (κ2) is 5.78. The van der Waals surface area contributed by atoms with E-state index in [0.717, 1.165) is 5.82 Å². The van der Waals surface area contributed by atoms with Gasteiger partial charge in [0.05, 0.1) is 5.02 Å². The second-order valence-corrected chi connectivity index (χ2v) is 5.68. The number of halogens is 1. The summed E-state index contributed by atoms with van der Waals surface area (Å²) < 4.78 is 0. The SMILES string of the molecule is CSC1CCCCC1Nc1ccc(Cl)cn1. The van der Waals surface area contributed by atoms with Crippen LogP contribution >= 0.6 is 23.4 Å². The number of aromatic nitrogens is 1. The highest BCUT2D eigenvalue weighted by molar-refractivity contribution is 7.99. The van der Waals surface area contributed by atoms with Gasteiger partial charge >= 0.3 is 0 Å². The third-order valence-corrected chi connectivity index (χ3v) is 4.46. The lowest BCUT2D eigenvalue weighted by molar-refractivity contribution is 0.474. The highest BCUT2D eigenvalue weighted by atomic mass is 35.5. The maximum atomic E-state index is 5.82. The van der Waals surface area contributed by atoms with Crippen LogP contribution in [0.5, 0.6) is 0 Å². The zero-order valence-electron chi connectivity index (χ0n) is 9.45. The number of nitrogens with zero attached hydrogens (tertiary/aromatic N) is 1. The van der Waals surface area contributed by atoms with Crippen LogP contribution < -0.4 is 5.32 Å². The summed E-state index contributed by atoms with van der Waals surface area (Å²) in [5, 5.41) is 4.92. The van der Waals surface area contributed by atoms with Gasteiger partial charge in [-0.15, -0.1) is 0 Å². The topological polar surface area (TPSA) is 24.9 Å². The molecule has 1 N–H and O–H groups in total. The molecule has 0 spiro atoms. The lowest BCUT2D eigenvalue weighted by atomic mass is 9.95. The molecular formula is C12H17ClN2S. The van der Waals surface area contributed by atoms with E-state index in [9.17, 15) is 0 Å². The first-order valence-corrected chi connectivity index (χ1v) is 7.37. The fourth-order valence-corrected chi connectivity index (χ4v) is 3.24. The van der Waals surface area contributed by atoms with E-state index in [4.69, 9.17) is 11.6 Å². The second-order valence-electron chi connectivity index (χ2n) is 4.17. The molecule has 2 unspecified atom stereocenters. The standard InChI is InChI=1S/C12H17ClN2S/c1-16-11-5-3-2-4-10(11)15-12-7-6-9(13)8-14-12/h6-8,10-11H,2-5H2,1H3,(H,14,15). The summed E-state index contributed by atoms with van der Waals surface area (Å²) in [7, 11) is 0. The van der Waals surface area contributed by atoms with Gasteiger partial charge in [-0.05, 0) is 31.2 Å². The van der Waals surface area contributed by atoms with E-state index in [2.05, 4.69) is 16.6 Å². The molecule has 2 rings (SSSR count). The van der Waals surface area contributed by atoms with Gasteiger partial charge in [0.2, 0.25) is 0 Å². The molecular weight excluding hydrogens is 240 g/mol. The van der Waals surface area contributed by atoms with Gasteiger partial charge in [-0.2, -0.15) is 11.8 Å². The molecule has 0 aromatic carbocycles. The predicted molar refractivity (Wildman–Crippen MR) is 72.4 cm³/mol. The quantitative estimate of drug-likeness (QED) is 0.890. The number of hydrogen-bond donors (Lipinski definition) is 1. The molecule has 1 aliphatic carbocycles. The van der Waals surface area contributed by atoms with Gasteiger partial charge in [-0.25, -0.2) is 4.98 Å². The van der Waals surface area contributed by atoms with Crippen molar-refractivity contribution in [1.29, 1.82) is 0 Å². The molecule has 1 heterocycles. The smallest absolute Gasteiger partial charge is 0.126 e. The Morgan fingerprint density at radius 2 is 2.19 bits per heavy atom. The largest absolute Gasteiger partial charge is 0.366 e. The molecule has 1 aromatic rings. The third-order valence-electron chi connectivity index (χ3n) is 3.07. The number of hydrogen-bond acceptors (Lipinski definition) is 3. The monoisotopic (exact) mass is 256 g/mol. The lowest BCUT2D eigenvalue weighted by Crippen LogP contribution is -2.34.